The van der Waals surface area contributed by atoms with Gasteiger partial charge in [-0.3, -0.25) is 9.59 Å². The third kappa shape index (κ3) is 4.48. The Labute approximate surface area is 174 Å². The molecular weight excluding hydrogens is 364 g/mol. The van der Waals surface area contributed by atoms with E-state index in [4.69, 9.17) is 0 Å². The van der Waals surface area contributed by atoms with Gasteiger partial charge in [0.1, 0.15) is 6.04 Å². The SMILES string of the molecule is Cc1ccc(C2CC(C(=O)N3CCN(C(=O)C4CCCCC4)CC3)NN2)cc1C. The Morgan fingerprint density at radius 1 is 0.862 bits per heavy atom. The van der Waals surface area contributed by atoms with Crippen molar-refractivity contribution in [1.82, 2.24) is 20.7 Å². The van der Waals surface area contributed by atoms with Crippen LogP contribution < -0.4 is 10.9 Å². The van der Waals surface area contributed by atoms with Gasteiger partial charge < -0.3 is 9.80 Å². The summed E-state index contributed by atoms with van der Waals surface area (Å²) < 4.78 is 0. The molecule has 1 aromatic rings. The van der Waals surface area contributed by atoms with Gasteiger partial charge in [0.15, 0.2) is 0 Å². The van der Waals surface area contributed by atoms with Gasteiger partial charge in [0.05, 0.1) is 0 Å². The Hall–Kier alpha value is -1.92. The molecule has 0 spiro atoms. The molecule has 6 nitrogen and oxygen atoms in total. The van der Waals surface area contributed by atoms with Crippen LogP contribution in [-0.2, 0) is 9.59 Å². The number of hydrogen-bond donors (Lipinski definition) is 2. The molecule has 0 bridgehead atoms. The minimum absolute atomic E-state index is 0.147. The Morgan fingerprint density at radius 2 is 1.52 bits per heavy atom. The largest absolute Gasteiger partial charge is 0.339 e. The second-order valence-electron chi connectivity index (χ2n) is 8.96. The van der Waals surface area contributed by atoms with E-state index in [1.54, 1.807) is 0 Å². The molecule has 6 heteroatoms. The van der Waals surface area contributed by atoms with Crippen LogP contribution in [-0.4, -0.2) is 53.8 Å². The second kappa shape index (κ2) is 8.84. The molecule has 0 radical (unpaired) electrons. The molecule has 2 atom stereocenters. The number of hydrazine groups is 1. The smallest absolute Gasteiger partial charge is 0.241 e. The van der Waals surface area contributed by atoms with E-state index in [-0.39, 0.29) is 23.9 Å². The lowest BCUT2D eigenvalue weighted by Crippen LogP contribution is -2.55. The fourth-order valence-electron chi connectivity index (χ4n) is 4.89. The third-order valence-electron chi connectivity index (χ3n) is 6.99. The summed E-state index contributed by atoms with van der Waals surface area (Å²) in [6.07, 6.45) is 6.44. The number of aryl methyl sites for hydroxylation is 2. The first-order valence-electron chi connectivity index (χ1n) is 11.2. The van der Waals surface area contributed by atoms with Gasteiger partial charge in [0.2, 0.25) is 11.8 Å². The molecule has 2 heterocycles. The van der Waals surface area contributed by atoms with Crippen LogP contribution in [0.5, 0.6) is 0 Å². The van der Waals surface area contributed by atoms with E-state index in [0.717, 1.165) is 19.3 Å². The molecule has 158 valence electrons. The number of rotatable bonds is 3. The zero-order valence-electron chi connectivity index (χ0n) is 17.7. The summed E-state index contributed by atoms with van der Waals surface area (Å²) in [5.74, 6) is 0.672. The highest BCUT2D eigenvalue weighted by molar-refractivity contribution is 5.83. The minimum atomic E-state index is -0.206. The molecule has 2 amide bonds. The van der Waals surface area contributed by atoms with E-state index in [2.05, 4.69) is 42.9 Å². The first kappa shape index (κ1) is 20.4. The van der Waals surface area contributed by atoms with Crippen molar-refractivity contribution in [2.75, 3.05) is 26.2 Å². The topological polar surface area (TPSA) is 64.7 Å². The first-order valence-corrected chi connectivity index (χ1v) is 11.2. The van der Waals surface area contributed by atoms with Crippen LogP contribution in [0, 0.1) is 19.8 Å². The number of benzene rings is 1. The Bertz CT molecular complexity index is 751. The van der Waals surface area contributed by atoms with Gasteiger partial charge in [-0.25, -0.2) is 10.9 Å². The van der Waals surface area contributed by atoms with E-state index in [0.29, 0.717) is 32.1 Å². The molecule has 3 aliphatic rings. The molecule has 2 N–H and O–H groups in total. The van der Waals surface area contributed by atoms with Crippen LogP contribution in [0.25, 0.3) is 0 Å². The van der Waals surface area contributed by atoms with Crippen LogP contribution in [0.1, 0.15) is 61.3 Å². The lowest BCUT2D eigenvalue weighted by molar-refractivity contribution is -0.143. The number of carbonyl (C=O) groups is 2. The van der Waals surface area contributed by atoms with Crippen LogP contribution >= 0.6 is 0 Å². The normalized spacial score (nSPS) is 26.0. The predicted molar refractivity (Wildman–Crippen MR) is 113 cm³/mol. The summed E-state index contributed by atoms with van der Waals surface area (Å²) in [6, 6.07) is 6.44. The Kier molecular flexibility index (Phi) is 6.20. The number of piperazine rings is 1. The fourth-order valence-corrected chi connectivity index (χ4v) is 4.89. The monoisotopic (exact) mass is 398 g/mol. The van der Waals surface area contributed by atoms with Gasteiger partial charge in [0.25, 0.3) is 0 Å². The van der Waals surface area contributed by atoms with Crippen molar-refractivity contribution in [2.45, 2.75) is 64.5 Å². The highest BCUT2D eigenvalue weighted by Gasteiger charge is 2.35. The van der Waals surface area contributed by atoms with Crippen LogP contribution in [0.3, 0.4) is 0 Å². The van der Waals surface area contributed by atoms with E-state index in [9.17, 15) is 9.59 Å². The Balaban J connectivity index is 1.28. The molecule has 1 saturated carbocycles. The maximum absolute atomic E-state index is 13.0. The van der Waals surface area contributed by atoms with Crippen LogP contribution in [0.15, 0.2) is 18.2 Å². The summed E-state index contributed by atoms with van der Waals surface area (Å²) in [4.78, 5) is 29.6. The van der Waals surface area contributed by atoms with E-state index in [1.807, 2.05) is 9.80 Å². The number of amides is 2. The van der Waals surface area contributed by atoms with E-state index in [1.165, 1.54) is 36.0 Å². The average Bonchev–Trinajstić information content (AvgIpc) is 3.25. The molecule has 3 fully saturated rings. The first-order chi connectivity index (χ1) is 14.0. The second-order valence-corrected chi connectivity index (χ2v) is 8.96. The fraction of sp³-hybridized carbons (Fsp3) is 0.652. The van der Waals surface area contributed by atoms with Gasteiger partial charge in [-0.15, -0.1) is 0 Å². The molecule has 4 rings (SSSR count). The maximum Gasteiger partial charge on any atom is 0.241 e. The third-order valence-corrected chi connectivity index (χ3v) is 6.99. The number of hydrogen-bond acceptors (Lipinski definition) is 4. The zero-order chi connectivity index (χ0) is 20.4. The van der Waals surface area contributed by atoms with Crippen molar-refractivity contribution < 1.29 is 9.59 Å². The molecule has 1 aliphatic carbocycles. The maximum atomic E-state index is 13.0. The quantitative estimate of drug-likeness (QED) is 0.821. The summed E-state index contributed by atoms with van der Waals surface area (Å²) >= 11 is 0. The van der Waals surface area contributed by atoms with Gasteiger partial charge in [-0.2, -0.15) is 0 Å². The van der Waals surface area contributed by atoms with Gasteiger partial charge >= 0.3 is 0 Å². The van der Waals surface area contributed by atoms with Gasteiger partial charge in [-0.1, -0.05) is 37.5 Å². The molecule has 0 aromatic heterocycles. The highest BCUT2D eigenvalue weighted by Crippen LogP contribution is 2.27. The summed E-state index contributed by atoms with van der Waals surface area (Å²) in [5.41, 5.74) is 10.3. The predicted octanol–water partition coefficient (Wildman–Crippen LogP) is 2.46. The van der Waals surface area contributed by atoms with Crippen molar-refractivity contribution in [3.05, 3.63) is 34.9 Å². The van der Waals surface area contributed by atoms with E-state index >= 15 is 0 Å². The summed E-state index contributed by atoms with van der Waals surface area (Å²) in [5, 5.41) is 0. The summed E-state index contributed by atoms with van der Waals surface area (Å²) in [6.45, 7) is 6.86. The highest BCUT2D eigenvalue weighted by atomic mass is 16.2. The van der Waals surface area contributed by atoms with Gasteiger partial charge in [0, 0.05) is 38.1 Å². The molecule has 2 unspecified atom stereocenters. The average molecular weight is 399 g/mol. The lowest BCUT2D eigenvalue weighted by atomic mass is 9.88. The number of carbonyl (C=O) groups excluding carboxylic acids is 2. The lowest BCUT2D eigenvalue weighted by Gasteiger charge is -2.38. The van der Waals surface area contributed by atoms with Crippen molar-refractivity contribution >= 4 is 11.8 Å². The molecule has 2 saturated heterocycles. The van der Waals surface area contributed by atoms with E-state index < -0.39 is 0 Å². The molecular formula is C23H34N4O2. The number of nitrogens with zero attached hydrogens (tertiary/aromatic N) is 2. The van der Waals surface area contributed by atoms with Crippen molar-refractivity contribution in [3.63, 3.8) is 0 Å². The summed E-state index contributed by atoms with van der Waals surface area (Å²) in [7, 11) is 0. The van der Waals surface area contributed by atoms with Crippen LogP contribution in [0.4, 0.5) is 0 Å². The van der Waals surface area contributed by atoms with Gasteiger partial charge in [-0.05, 0) is 49.8 Å². The van der Waals surface area contributed by atoms with Crippen LogP contribution in [0.2, 0.25) is 0 Å². The minimum Gasteiger partial charge on any atom is -0.339 e. The Morgan fingerprint density at radius 3 is 2.17 bits per heavy atom. The molecule has 2 aliphatic heterocycles. The van der Waals surface area contributed by atoms with Crippen molar-refractivity contribution in [2.24, 2.45) is 5.92 Å². The molecule has 29 heavy (non-hydrogen) atoms. The standard InChI is InChI=1S/C23H34N4O2/c1-16-8-9-19(14-17(16)2)20-15-21(25-24-20)23(29)27-12-10-26(11-13-27)22(28)18-6-4-3-5-7-18/h8-9,14,18,20-21,24-25H,3-7,10-13,15H2,1-2H3. The van der Waals surface area contributed by atoms with Crippen molar-refractivity contribution in [3.8, 4) is 0 Å². The zero-order valence-corrected chi connectivity index (χ0v) is 17.7. The van der Waals surface area contributed by atoms with Crippen molar-refractivity contribution in [1.29, 1.82) is 0 Å². The number of nitrogens with one attached hydrogen (secondary N) is 2. The molecule has 1 aromatic carbocycles.